The minimum absolute atomic E-state index is 0.0421. The molecule has 1 amide bonds. The molecule has 3 fully saturated rings. The molecule has 7 nitrogen and oxygen atoms in total. The Balaban J connectivity index is 1.39. The maximum absolute atomic E-state index is 13.6. The molecule has 32 heavy (non-hydrogen) atoms. The first-order valence-electron chi connectivity index (χ1n) is 12.2. The highest BCUT2D eigenvalue weighted by Crippen LogP contribution is 2.49. The van der Waals surface area contributed by atoms with Gasteiger partial charge in [0.15, 0.2) is 0 Å². The number of aryl methyl sites for hydroxylation is 1. The van der Waals surface area contributed by atoms with E-state index in [-0.39, 0.29) is 11.9 Å². The van der Waals surface area contributed by atoms with Crippen LogP contribution in [0.4, 0.5) is 0 Å². The van der Waals surface area contributed by atoms with Gasteiger partial charge >= 0.3 is 0 Å². The van der Waals surface area contributed by atoms with E-state index in [0.717, 1.165) is 48.2 Å². The number of carbonyl (C=O) groups excluding carboxylic acids is 1. The Morgan fingerprint density at radius 2 is 2.12 bits per heavy atom. The SMILES string of the molecule is CCn1ncc(-c2noc3nc(C4CC4)cc(C(=O)NC(C)C4CC5CCC4C5)c23)c1C. The molecule has 3 aromatic rings. The van der Waals surface area contributed by atoms with E-state index in [2.05, 4.69) is 29.4 Å². The van der Waals surface area contributed by atoms with Crippen molar-refractivity contribution in [3.63, 3.8) is 0 Å². The van der Waals surface area contributed by atoms with Gasteiger partial charge in [-0.1, -0.05) is 11.6 Å². The van der Waals surface area contributed by atoms with Gasteiger partial charge in [-0.15, -0.1) is 0 Å². The number of pyridine rings is 1. The van der Waals surface area contributed by atoms with E-state index in [4.69, 9.17) is 9.51 Å². The number of aromatic nitrogens is 4. The summed E-state index contributed by atoms with van der Waals surface area (Å²) in [7, 11) is 0. The fourth-order valence-corrected chi connectivity index (χ4v) is 6.22. The fourth-order valence-electron chi connectivity index (χ4n) is 6.22. The molecule has 3 aliphatic carbocycles. The molecule has 0 aliphatic heterocycles. The number of hydrogen-bond donors (Lipinski definition) is 1. The summed E-state index contributed by atoms with van der Waals surface area (Å²) in [4.78, 5) is 18.4. The zero-order valence-corrected chi connectivity index (χ0v) is 19.1. The molecule has 6 rings (SSSR count). The van der Waals surface area contributed by atoms with E-state index in [1.165, 1.54) is 25.7 Å². The van der Waals surface area contributed by atoms with Crippen molar-refractivity contribution in [2.24, 2.45) is 17.8 Å². The molecule has 3 saturated carbocycles. The van der Waals surface area contributed by atoms with Gasteiger partial charge in [0.05, 0.1) is 17.1 Å². The van der Waals surface area contributed by atoms with Crippen LogP contribution in [0.3, 0.4) is 0 Å². The lowest BCUT2D eigenvalue weighted by Crippen LogP contribution is -2.40. The van der Waals surface area contributed by atoms with Crippen LogP contribution in [0.15, 0.2) is 16.8 Å². The summed E-state index contributed by atoms with van der Waals surface area (Å²) in [6.07, 6.45) is 9.31. The summed E-state index contributed by atoms with van der Waals surface area (Å²) < 4.78 is 7.61. The third-order valence-corrected chi connectivity index (χ3v) is 8.16. The highest BCUT2D eigenvalue weighted by molar-refractivity contribution is 6.09. The summed E-state index contributed by atoms with van der Waals surface area (Å²) in [5.41, 5.74) is 4.58. The van der Waals surface area contributed by atoms with Crippen LogP contribution >= 0.6 is 0 Å². The molecule has 3 heterocycles. The summed E-state index contributed by atoms with van der Waals surface area (Å²) in [6, 6.07) is 2.14. The topological polar surface area (TPSA) is 85.8 Å². The number of rotatable bonds is 6. The predicted molar refractivity (Wildman–Crippen MR) is 121 cm³/mol. The average molecular weight is 434 g/mol. The molecule has 4 unspecified atom stereocenters. The second kappa shape index (κ2) is 7.42. The van der Waals surface area contributed by atoms with Crippen molar-refractivity contribution < 1.29 is 9.32 Å². The lowest BCUT2D eigenvalue weighted by Gasteiger charge is -2.28. The Hall–Kier alpha value is -2.70. The van der Waals surface area contributed by atoms with Crippen molar-refractivity contribution in [1.82, 2.24) is 25.2 Å². The quantitative estimate of drug-likeness (QED) is 0.601. The molecule has 1 N–H and O–H groups in total. The third-order valence-electron chi connectivity index (χ3n) is 8.16. The number of nitrogens with one attached hydrogen (secondary N) is 1. The van der Waals surface area contributed by atoms with E-state index >= 15 is 0 Å². The van der Waals surface area contributed by atoms with Crippen LogP contribution in [-0.4, -0.2) is 31.9 Å². The van der Waals surface area contributed by atoms with Gasteiger partial charge in [-0.2, -0.15) is 5.10 Å². The molecule has 168 valence electrons. The number of nitrogens with zero attached hydrogens (tertiary/aromatic N) is 4. The van der Waals surface area contributed by atoms with Gasteiger partial charge < -0.3 is 9.84 Å². The molecule has 0 saturated heterocycles. The van der Waals surface area contributed by atoms with E-state index in [1.54, 1.807) is 0 Å². The largest absolute Gasteiger partial charge is 0.349 e. The van der Waals surface area contributed by atoms with Crippen LogP contribution in [0.2, 0.25) is 0 Å². The first-order valence-corrected chi connectivity index (χ1v) is 12.2. The first-order chi connectivity index (χ1) is 15.5. The van der Waals surface area contributed by atoms with Gasteiger partial charge in [-0.05, 0) is 76.7 Å². The highest BCUT2D eigenvalue weighted by atomic mass is 16.5. The molecule has 0 spiro atoms. The lowest BCUT2D eigenvalue weighted by molar-refractivity contribution is 0.0916. The Morgan fingerprint density at radius 1 is 1.28 bits per heavy atom. The van der Waals surface area contributed by atoms with Gasteiger partial charge in [-0.25, -0.2) is 4.98 Å². The summed E-state index contributed by atoms with van der Waals surface area (Å²) in [6.45, 7) is 7.03. The van der Waals surface area contributed by atoms with E-state index in [9.17, 15) is 4.79 Å². The molecule has 3 aliphatic rings. The minimum Gasteiger partial charge on any atom is -0.349 e. The Morgan fingerprint density at radius 3 is 2.78 bits per heavy atom. The maximum Gasteiger partial charge on any atom is 0.259 e. The zero-order chi connectivity index (χ0) is 22.0. The molecular weight excluding hydrogens is 402 g/mol. The van der Waals surface area contributed by atoms with Crippen LogP contribution in [0.1, 0.15) is 80.0 Å². The van der Waals surface area contributed by atoms with Crippen LogP contribution < -0.4 is 5.32 Å². The van der Waals surface area contributed by atoms with Gasteiger partial charge in [0, 0.05) is 35.5 Å². The van der Waals surface area contributed by atoms with Crippen molar-refractivity contribution in [2.75, 3.05) is 0 Å². The molecule has 7 heteroatoms. The predicted octanol–water partition coefficient (Wildman–Crippen LogP) is 4.85. The van der Waals surface area contributed by atoms with Crippen molar-refractivity contribution in [2.45, 2.75) is 77.8 Å². The minimum atomic E-state index is -0.0421. The van der Waals surface area contributed by atoms with Crippen molar-refractivity contribution in [1.29, 1.82) is 0 Å². The molecular formula is C25H31N5O2. The van der Waals surface area contributed by atoms with Crippen LogP contribution in [0, 0.1) is 24.7 Å². The van der Waals surface area contributed by atoms with Crippen molar-refractivity contribution >= 4 is 17.0 Å². The molecule has 3 aromatic heterocycles. The monoisotopic (exact) mass is 433 g/mol. The average Bonchev–Trinajstić information content (AvgIpc) is 3.12. The Bertz CT molecular complexity index is 1190. The van der Waals surface area contributed by atoms with Crippen molar-refractivity contribution in [3.05, 3.63) is 29.2 Å². The molecule has 4 atom stereocenters. The lowest BCUT2D eigenvalue weighted by atomic mass is 9.84. The maximum atomic E-state index is 13.6. The molecule has 0 aromatic carbocycles. The Kier molecular flexibility index (Phi) is 4.63. The summed E-state index contributed by atoms with van der Waals surface area (Å²) in [5.74, 6) is 2.60. The van der Waals surface area contributed by atoms with E-state index in [0.29, 0.717) is 34.2 Å². The standard InChI is InChI=1S/C25H31N5O2/c1-4-30-14(3)20(12-26-30)23-22-19(11-21(16-7-8-16)28-25(22)32-29-23)24(31)27-13(2)18-10-15-5-6-17(18)9-15/h11-13,15-18H,4-10H2,1-3H3,(H,27,31). The first kappa shape index (κ1) is 19.9. The molecule has 0 radical (unpaired) electrons. The normalized spacial score (nSPS) is 25.5. The number of hydrogen-bond acceptors (Lipinski definition) is 5. The van der Waals surface area contributed by atoms with Crippen molar-refractivity contribution in [3.8, 4) is 11.3 Å². The zero-order valence-electron chi connectivity index (χ0n) is 19.1. The van der Waals surface area contributed by atoms with Gasteiger partial charge in [0.2, 0.25) is 0 Å². The second-order valence-corrected chi connectivity index (χ2v) is 10.1. The number of fused-ring (bicyclic) bond motifs is 3. The van der Waals surface area contributed by atoms with Gasteiger partial charge in [-0.3, -0.25) is 9.48 Å². The Labute approximate surface area is 187 Å². The van der Waals surface area contributed by atoms with E-state index < -0.39 is 0 Å². The fraction of sp³-hybridized carbons (Fsp3) is 0.600. The summed E-state index contributed by atoms with van der Waals surface area (Å²) in [5, 5.41) is 12.9. The summed E-state index contributed by atoms with van der Waals surface area (Å²) >= 11 is 0. The number of amides is 1. The van der Waals surface area contributed by atoms with Crippen LogP contribution in [0.5, 0.6) is 0 Å². The highest BCUT2D eigenvalue weighted by Gasteiger charge is 2.42. The number of carbonyl (C=O) groups is 1. The smallest absolute Gasteiger partial charge is 0.259 e. The van der Waals surface area contributed by atoms with Crippen LogP contribution in [0.25, 0.3) is 22.4 Å². The van der Waals surface area contributed by atoms with Gasteiger partial charge in [0.1, 0.15) is 5.69 Å². The second-order valence-electron chi connectivity index (χ2n) is 10.1. The third kappa shape index (κ3) is 3.16. The van der Waals surface area contributed by atoms with Crippen LogP contribution in [-0.2, 0) is 6.54 Å². The molecule has 2 bridgehead atoms. The van der Waals surface area contributed by atoms with Gasteiger partial charge in [0.25, 0.3) is 11.6 Å². The van der Waals surface area contributed by atoms with E-state index in [1.807, 2.05) is 23.9 Å².